The molecule has 8 heteroatoms. The lowest BCUT2D eigenvalue weighted by molar-refractivity contribution is 0.0705. The maximum Gasteiger partial charge on any atom is 0.255 e. The molecular formula is C21H23N5O3. The fourth-order valence-corrected chi connectivity index (χ4v) is 3.90. The Balaban J connectivity index is 1.63. The van der Waals surface area contributed by atoms with Gasteiger partial charge >= 0.3 is 0 Å². The minimum Gasteiger partial charge on any atom is -0.392 e. The zero-order valence-electron chi connectivity index (χ0n) is 16.5. The molecule has 29 heavy (non-hydrogen) atoms. The summed E-state index contributed by atoms with van der Waals surface area (Å²) >= 11 is 0. The molecule has 3 aromatic rings. The van der Waals surface area contributed by atoms with E-state index in [9.17, 15) is 9.90 Å². The summed E-state index contributed by atoms with van der Waals surface area (Å²) in [6.07, 6.45) is 4.87. The van der Waals surface area contributed by atoms with Gasteiger partial charge in [0.1, 0.15) is 5.76 Å². The van der Waals surface area contributed by atoms with Gasteiger partial charge in [-0.15, -0.1) is 0 Å². The average Bonchev–Trinajstić information content (AvgIpc) is 3.11. The van der Waals surface area contributed by atoms with Crippen molar-refractivity contribution in [2.75, 3.05) is 13.1 Å². The van der Waals surface area contributed by atoms with Crippen LogP contribution < -0.4 is 0 Å². The molecule has 4 rings (SSSR count). The number of aromatic nitrogens is 4. The van der Waals surface area contributed by atoms with Crippen LogP contribution in [0.25, 0.3) is 11.3 Å². The molecule has 8 nitrogen and oxygen atoms in total. The highest BCUT2D eigenvalue weighted by Gasteiger charge is 2.27. The molecule has 1 fully saturated rings. The highest BCUT2D eigenvalue weighted by molar-refractivity contribution is 5.93. The number of hydrogen-bond donors (Lipinski definition) is 1. The first kappa shape index (κ1) is 19.2. The topological polar surface area (TPSA) is 105 Å². The molecule has 1 aliphatic rings. The van der Waals surface area contributed by atoms with Crippen LogP contribution in [0.15, 0.2) is 35.1 Å². The fourth-order valence-electron chi connectivity index (χ4n) is 3.90. The number of hydrogen-bond acceptors (Lipinski definition) is 7. The highest BCUT2D eigenvalue weighted by Crippen LogP contribution is 2.32. The Bertz CT molecular complexity index is 999. The summed E-state index contributed by atoms with van der Waals surface area (Å²) in [5, 5.41) is 21.3. The molecule has 1 N–H and O–H groups in total. The van der Waals surface area contributed by atoms with E-state index in [4.69, 9.17) is 9.51 Å². The van der Waals surface area contributed by atoms with E-state index in [2.05, 4.69) is 15.4 Å². The van der Waals surface area contributed by atoms with Crippen LogP contribution in [-0.2, 0) is 6.61 Å². The molecular weight excluding hydrogens is 370 g/mol. The normalized spacial score (nSPS) is 16.8. The number of piperidine rings is 1. The van der Waals surface area contributed by atoms with Gasteiger partial charge in [0.2, 0.25) is 0 Å². The van der Waals surface area contributed by atoms with Crippen LogP contribution in [0.5, 0.6) is 0 Å². The number of carbonyl (C=O) groups excluding carboxylic acids is 1. The van der Waals surface area contributed by atoms with Crippen LogP contribution in [0.4, 0.5) is 0 Å². The van der Waals surface area contributed by atoms with Crippen LogP contribution in [0, 0.1) is 13.8 Å². The standard InChI is InChI=1S/C21H23N5O3/c1-13-19(14(2)29-25-13)20-17(12-27)5-6-18(24-20)16-4-3-9-26(11-16)21(28)15-7-8-22-23-10-15/h5-8,10,16,27H,3-4,9,11-12H2,1-2H3/t16-/m1/s1. The summed E-state index contributed by atoms with van der Waals surface area (Å²) in [5.41, 5.74) is 4.44. The van der Waals surface area contributed by atoms with Gasteiger partial charge in [0, 0.05) is 30.3 Å². The lowest BCUT2D eigenvalue weighted by atomic mass is 9.92. The summed E-state index contributed by atoms with van der Waals surface area (Å²) in [5.74, 6) is 0.754. The van der Waals surface area contributed by atoms with Crippen LogP contribution in [0.3, 0.4) is 0 Å². The molecule has 0 radical (unpaired) electrons. The van der Waals surface area contributed by atoms with Gasteiger partial charge in [-0.3, -0.25) is 9.78 Å². The molecule has 0 spiro atoms. The summed E-state index contributed by atoms with van der Waals surface area (Å²) < 4.78 is 5.30. The molecule has 1 amide bonds. The second kappa shape index (κ2) is 8.08. The Morgan fingerprint density at radius 1 is 1.28 bits per heavy atom. The number of likely N-dealkylation sites (tertiary alicyclic amines) is 1. The number of aliphatic hydroxyl groups excluding tert-OH is 1. The maximum absolute atomic E-state index is 12.8. The number of aryl methyl sites for hydroxylation is 2. The quantitative estimate of drug-likeness (QED) is 0.726. The average molecular weight is 393 g/mol. The number of aliphatic hydroxyl groups is 1. The molecule has 1 saturated heterocycles. The molecule has 1 aliphatic heterocycles. The zero-order valence-corrected chi connectivity index (χ0v) is 16.5. The predicted molar refractivity (Wildman–Crippen MR) is 105 cm³/mol. The minimum absolute atomic E-state index is 0.0393. The molecule has 0 aromatic carbocycles. The van der Waals surface area contributed by atoms with Crippen molar-refractivity contribution in [3.8, 4) is 11.3 Å². The number of nitrogens with zero attached hydrogens (tertiary/aromatic N) is 5. The monoisotopic (exact) mass is 393 g/mol. The molecule has 0 saturated carbocycles. The van der Waals surface area contributed by atoms with E-state index >= 15 is 0 Å². The van der Waals surface area contributed by atoms with Gasteiger partial charge in [0.25, 0.3) is 5.91 Å². The number of amides is 1. The number of rotatable bonds is 4. The molecule has 0 aliphatic carbocycles. The first-order chi connectivity index (χ1) is 14.1. The smallest absolute Gasteiger partial charge is 0.255 e. The van der Waals surface area contributed by atoms with E-state index in [0.29, 0.717) is 30.1 Å². The third kappa shape index (κ3) is 3.75. The van der Waals surface area contributed by atoms with E-state index in [0.717, 1.165) is 35.4 Å². The van der Waals surface area contributed by atoms with E-state index in [1.54, 1.807) is 6.07 Å². The summed E-state index contributed by atoms with van der Waals surface area (Å²) in [7, 11) is 0. The van der Waals surface area contributed by atoms with Gasteiger partial charge in [-0.25, -0.2) is 0 Å². The second-order valence-corrected chi connectivity index (χ2v) is 7.32. The van der Waals surface area contributed by atoms with Gasteiger partial charge in [-0.1, -0.05) is 11.2 Å². The van der Waals surface area contributed by atoms with Crippen molar-refractivity contribution in [1.82, 2.24) is 25.2 Å². The molecule has 1 atom stereocenters. The van der Waals surface area contributed by atoms with Crippen molar-refractivity contribution >= 4 is 5.91 Å². The summed E-state index contributed by atoms with van der Waals surface area (Å²) in [6, 6.07) is 5.53. The van der Waals surface area contributed by atoms with Gasteiger partial charge in [-0.2, -0.15) is 10.2 Å². The van der Waals surface area contributed by atoms with E-state index < -0.39 is 0 Å². The van der Waals surface area contributed by atoms with Crippen molar-refractivity contribution in [2.45, 2.75) is 39.2 Å². The second-order valence-electron chi connectivity index (χ2n) is 7.32. The summed E-state index contributed by atoms with van der Waals surface area (Å²) in [4.78, 5) is 19.5. The Labute approximate surface area is 168 Å². The van der Waals surface area contributed by atoms with Gasteiger partial charge < -0.3 is 14.5 Å². The van der Waals surface area contributed by atoms with Gasteiger partial charge in [-0.05, 0) is 38.8 Å². The lowest BCUT2D eigenvalue weighted by Crippen LogP contribution is -2.39. The molecule has 150 valence electrons. The fraction of sp³-hybridized carbons (Fsp3) is 0.381. The minimum atomic E-state index is -0.114. The van der Waals surface area contributed by atoms with E-state index in [1.165, 1.54) is 12.4 Å². The van der Waals surface area contributed by atoms with Crippen molar-refractivity contribution in [3.63, 3.8) is 0 Å². The zero-order chi connectivity index (χ0) is 20.4. The van der Waals surface area contributed by atoms with Crippen molar-refractivity contribution < 1.29 is 14.4 Å². The lowest BCUT2D eigenvalue weighted by Gasteiger charge is -2.32. The van der Waals surface area contributed by atoms with Gasteiger partial charge in [0.05, 0.1) is 41.5 Å². The number of carbonyl (C=O) groups is 1. The van der Waals surface area contributed by atoms with Crippen LogP contribution >= 0.6 is 0 Å². The maximum atomic E-state index is 12.8. The highest BCUT2D eigenvalue weighted by atomic mass is 16.5. The van der Waals surface area contributed by atoms with Crippen molar-refractivity contribution in [3.05, 3.63) is 58.9 Å². The molecule has 3 aromatic heterocycles. The third-order valence-electron chi connectivity index (χ3n) is 5.40. The molecule has 4 heterocycles. The Morgan fingerprint density at radius 2 is 2.14 bits per heavy atom. The van der Waals surface area contributed by atoms with Crippen molar-refractivity contribution in [2.24, 2.45) is 0 Å². The predicted octanol–water partition coefficient (Wildman–Crippen LogP) is 2.66. The van der Waals surface area contributed by atoms with Crippen molar-refractivity contribution in [1.29, 1.82) is 0 Å². The Hall–Kier alpha value is -3.13. The summed E-state index contributed by atoms with van der Waals surface area (Å²) in [6.45, 7) is 4.90. The molecule has 0 bridgehead atoms. The SMILES string of the molecule is Cc1noc(C)c1-c1nc([C@@H]2CCCN(C(=O)c3ccnnc3)C2)ccc1CO. The van der Waals surface area contributed by atoms with Crippen LogP contribution in [0.1, 0.15) is 51.8 Å². The Morgan fingerprint density at radius 3 is 2.83 bits per heavy atom. The van der Waals surface area contributed by atoms with Crippen LogP contribution in [-0.4, -0.2) is 49.3 Å². The van der Waals surface area contributed by atoms with E-state index in [1.807, 2.05) is 30.9 Å². The Kier molecular flexibility index (Phi) is 5.35. The van der Waals surface area contributed by atoms with Gasteiger partial charge in [0.15, 0.2) is 0 Å². The first-order valence-electron chi connectivity index (χ1n) is 9.68. The van der Waals surface area contributed by atoms with Crippen LogP contribution in [0.2, 0.25) is 0 Å². The first-order valence-corrected chi connectivity index (χ1v) is 9.68. The third-order valence-corrected chi connectivity index (χ3v) is 5.40. The number of pyridine rings is 1. The molecule has 0 unspecified atom stereocenters. The largest absolute Gasteiger partial charge is 0.392 e. The van der Waals surface area contributed by atoms with E-state index in [-0.39, 0.29) is 18.4 Å².